The molecule has 27 heavy (non-hydrogen) atoms. The van der Waals surface area contributed by atoms with Gasteiger partial charge in [0.1, 0.15) is 0 Å². The number of rotatable bonds is 5. The summed E-state index contributed by atoms with van der Waals surface area (Å²) in [6.07, 6.45) is -0.00944. The van der Waals surface area contributed by atoms with Crippen molar-refractivity contribution in [3.8, 4) is 28.7 Å². The van der Waals surface area contributed by atoms with Crippen LogP contribution in [0.25, 0.3) is 0 Å². The molecule has 2 aliphatic heterocycles. The molecule has 2 aromatic rings. The average molecular weight is 373 g/mol. The summed E-state index contributed by atoms with van der Waals surface area (Å²) in [6, 6.07) is 7.08. The van der Waals surface area contributed by atoms with Gasteiger partial charge in [0.05, 0.1) is 33.5 Å². The molecule has 144 valence electrons. The molecule has 2 aliphatic rings. The van der Waals surface area contributed by atoms with E-state index in [2.05, 4.69) is 5.32 Å². The number of aliphatic hydroxyl groups excluding tert-OH is 1. The van der Waals surface area contributed by atoms with Crippen LogP contribution in [0, 0.1) is 0 Å². The first-order valence-electron chi connectivity index (χ1n) is 8.80. The van der Waals surface area contributed by atoms with Crippen LogP contribution < -0.4 is 29.0 Å². The van der Waals surface area contributed by atoms with Gasteiger partial charge in [-0.2, -0.15) is 0 Å². The summed E-state index contributed by atoms with van der Waals surface area (Å²) >= 11 is 0. The Morgan fingerprint density at radius 1 is 1.04 bits per heavy atom. The second kappa shape index (κ2) is 7.17. The molecule has 2 atom stereocenters. The highest BCUT2D eigenvalue weighted by Gasteiger charge is 2.33. The molecule has 0 radical (unpaired) electrons. The van der Waals surface area contributed by atoms with E-state index in [4.69, 9.17) is 23.7 Å². The lowest BCUT2D eigenvalue weighted by Gasteiger charge is -2.33. The first-order valence-corrected chi connectivity index (χ1v) is 8.80. The number of ether oxygens (including phenoxy) is 5. The van der Waals surface area contributed by atoms with E-state index in [1.807, 2.05) is 24.3 Å². The van der Waals surface area contributed by atoms with E-state index in [1.54, 1.807) is 21.3 Å². The van der Waals surface area contributed by atoms with Gasteiger partial charge < -0.3 is 34.1 Å². The molecule has 0 aliphatic carbocycles. The summed E-state index contributed by atoms with van der Waals surface area (Å²) in [4.78, 5) is 0. The summed E-state index contributed by atoms with van der Waals surface area (Å²) < 4.78 is 27.4. The van der Waals surface area contributed by atoms with Gasteiger partial charge in [0.15, 0.2) is 23.0 Å². The first-order chi connectivity index (χ1) is 13.2. The molecule has 0 fully saturated rings. The van der Waals surface area contributed by atoms with Gasteiger partial charge in [-0.1, -0.05) is 6.07 Å². The van der Waals surface area contributed by atoms with E-state index in [0.29, 0.717) is 35.3 Å². The fourth-order valence-electron chi connectivity index (χ4n) is 3.80. The van der Waals surface area contributed by atoms with Gasteiger partial charge in [-0.05, 0) is 42.3 Å². The molecule has 7 heteroatoms. The Balaban J connectivity index is 1.76. The number of hydrogen-bond acceptors (Lipinski definition) is 7. The smallest absolute Gasteiger partial charge is 0.231 e. The second-order valence-electron chi connectivity index (χ2n) is 6.45. The van der Waals surface area contributed by atoms with E-state index in [-0.39, 0.29) is 12.8 Å². The molecule has 0 amide bonds. The zero-order chi connectivity index (χ0) is 19.0. The minimum absolute atomic E-state index is 0.202. The Kier molecular flexibility index (Phi) is 4.72. The second-order valence-corrected chi connectivity index (χ2v) is 6.45. The highest BCUT2D eigenvalue weighted by atomic mass is 16.7. The average Bonchev–Trinajstić information content (AvgIpc) is 3.18. The van der Waals surface area contributed by atoms with Gasteiger partial charge in [-0.3, -0.25) is 0 Å². The maximum absolute atomic E-state index is 11.1. The number of methoxy groups -OCH3 is 3. The molecule has 7 nitrogen and oxygen atoms in total. The predicted molar refractivity (Wildman–Crippen MR) is 98.1 cm³/mol. The van der Waals surface area contributed by atoms with Crippen molar-refractivity contribution in [2.24, 2.45) is 0 Å². The molecular formula is C20H23NO6. The summed E-state index contributed by atoms with van der Waals surface area (Å²) in [7, 11) is 4.79. The van der Waals surface area contributed by atoms with Crippen LogP contribution in [0.4, 0.5) is 0 Å². The topological polar surface area (TPSA) is 78.4 Å². The monoisotopic (exact) mass is 373 g/mol. The van der Waals surface area contributed by atoms with E-state index >= 15 is 0 Å². The van der Waals surface area contributed by atoms with E-state index in [1.165, 1.54) is 0 Å². The fraction of sp³-hybridized carbons (Fsp3) is 0.400. The molecule has 2 unspecified atom stereocenters. The minimum Gasteiger partial charge on any atom is -0.493 e. The maximum atomic E-state index is 11.1. The Labute approximate surface area is 157 Å². The van der Waals surface area contributed by atoms with Crippen molar-refractivity contribution in [2.45, 2.75) is 18.6 Å². The van der Waals surface area contributed by atoms with E-state index in [9.17, 15) is 5.11 Å². The van der Waals surface area contributed by atoms with Gasteiger partial charge in [0.2, 0.25) is 12.5 Å². The third-order valence-corrected chi connectivity index (χ3v) is 5.10. The Morgan fingerprint density at radius 3 is 2.56 bits per heavy atom. The van der Waals surface area contributed by atoms with Crippen LogP contribution in [-0.2, 0) is 6.42 Å². The molecule has 0 bridgehead atoms. The van der Waals surface area contributed by atoms with Crippen LogP contribution in [0.1, 0.15) is 28.8 Å². The lowest BCUT2D eigenvalue weighted by atomic mass is 9.87. The van der Waals surface area contributed by atoms with Crippen molar-refractivity contribution in [2.75, 3.05) is 34.7 Å². The van der Waals surface area contributed by atoms with Crippen molar-refractivity contribution in [1.82, 2.24) is 5.32 Å². The van der Waals surface area contributed by atoms with Crippen molar-refractivity contribution >= 4 is 0 Å². The first kappa shape index (κ1) is 17.8. The van der Waals surface area contributed by atoms with Crippen molar-refractivity contribution in [3.63, 3.8) is 0 Å². The third kappa shape index (κ3) is 2.93. The van der Waals surface area contributed by atoms with Crippen LogP contribution in [0.3, 0.4) is 0 Å². The van der Waals surface area contributed by atoms with Crippen LogP contribution >= 0.6 is 0 Å². The van der Waals surface area contributed by atoms with Gasteiger partial charge in [-0.15, -0.1) is 0 Å². The van der Waals surface area contributed by atoms with E-state index in [0.717, 1.165) is 23.1 Å². The molecule has 2 heterocycles. The lowest BCUT2D eigenvalue weighted by molar-refractivity contribution is 0.124. The van der Waals surface area contributed by atoms with Crippen LogP contribution in [0.2, 0.25) is 0 Å². The Bertz CT molecular complexity index is 853. The summed E-state index contributed by atoms with van der Waals surface area (Å²) in [5.41, 5.74) is 2.69. The van der Waals surface area contributed by atoms with Crippen molar-refractivity contribution in [3.05, 3.63) is 41.0 Å². The fourth-order valence-corrected chi connectivity index (χ4v) is 3.80. The molecule has 4 rings (SSSR count). The summed E-state index contributed by atoms with van der Waals surface area (Å²) in [6.45, 7) is 0.915. The molecule has 2 N–H and O–H groups in total. The standard InChI is InChI=1S/C20H23NO6/c1-23-16-9-13-12(19(24-2)20(16)25-3)6-7-21-17(13)18(22)11-4-5-14-15(8-11)27-10-26-14/h4-5,8-9,17-18,21-22H,6-7,10H2,1-3H3. The summed E-state index contributed by atoms with van der Waals surface area (Å²) in [5, 5.41) is 14.5. The highest BCUT2D eigenvalue weighted by Crippen LogP contribution is 2.47. The lowest BCUT2D eigenvalue weighted by Crippen LogP contribution is -2.34. The number of nitrogens with one attached hydrogen (secondary N) is 1. The quantitative estimate of drug-likeness (QED) is 0.833. The zero-order valence-corrected chi connectivity index (χ0v) is 15.6. The minimum atomic E-state index is -0.777. The zero-order valence-electron chi connectivity index (χ0n) is 15.6. The molecule has 0 spiro atoms. The van der Waals surface area contributed by atoms with Crippen LogP contribution in [-0.4, -0.2) is 39.8 Å². The van der Waals surface area contributed by atoms with Gasteiger partial charge in [-0.25, -0.2) is 0 Å². The van der Waals surface area contributed by atoms with Crippen molar-refractivity contribution < 1.29 is 28.8 Å². The Morgan fingerprint density at radius 2 is 1.81 bits per heavy atom. The van der Waals surface area contributed by atoms with Crippen LogP contribution in [0.5, 0.6) is 28.7 Å². The predicted octanol–water partition coefficient (Wildman–Crippen LogP) is 2.36. The van der Waals surface area contributed by atoms with Crippen LogP contribution in [0.15, 0.2) is 24.3 Å². The molecule has 0 saturated carbocycles. The SMILES string of the molecule is COc1cc2c(c(OC)c1OC)CCNC2C(O)c1ccc2c(c1)OCO2. The maximum Gasteiger partial charge on any atom is 0.231 e. The van der Waals surface area contributed by atoms with E-state index < -0.39 is 6.10 Å². The van der Waals surface area contributed by atoms with Crippen molar-refractivity contribution in [1.29, 1.82) is 0 Å². The number of aliphatic hydroxyl groups is 1. The number of hydrogen-bond donors (Lipinski definition) is 2. The number of fused-ring (bicyclic) bond motifs is 2. The molecule has 0 saturated heterocycles. The molecular weight excluding hydrogens is 350 g/mol. The number of benzene rings is 2. The largest absolute Gasteiger partial charge is 0.493 e. The summed E-state index contributed by atoms with van der Waals surface area (Å²) in [5.74, 6) is 3.12. The normalized spacial score (nSPS) is 18.6. The molecule has 0 aromatic heterocycles. The molecule has 2 aromatic carbocycles. The van der Waals surface area contributed by atoms with Gasteiger partial charge in [0.25, 0.3) is 0 Å². The highest BCUT2D eigenvalue weighted by molar-refractivity contribution is 5.61. The van der Waals surface area contributed by atoms with Gasteiger partial charge in [0, 0.05) is 5.56 Å². The van der Waals surface area contributed by atoms with Gasteiger partial charge >= 0.3 is 0 Å². The third-order valence-electron chi connectivity index (χ3n) is 5.10. The Hall–Kier alpha value is -2.64.